The number of nitro groups is 1. The Bertz CT molecular complexity index is 562. The molecule has 0 bridgehead atoms. The summed E-state index contributed by atoms with van der Waals surface area (Å²) in [7, 11) is 0. The summed E-state index contributed by atoms with van der Waals surface area (Å²) in [6, 6.07) is 2.16. The normalized spacial score (nSPS) is 9.95. The second-order valence-electron chi connectivity index (χ2n) is 3.54. The Morgan fingerprint density at radius 3 is 2.60 bits per heavy atom. The Morgan fingerprint density at radius 1 is 1.40 bits per heavy atom. The molecule has 0 radical (unpaired) electrons. The van der Waals surface area contributed by atoms with Crippen LogP contribution in [0.5, 0.6) is 0 Å². The molecule has 20 heavy (non-hydrogen) atoms. The van der Waals surface area contributed by atoms with E-state index < -0.39 is 22.5 Å². The Balaban J connectivity index is 2.89. The molecule has 1 N–H and O–H groups in total. The lowest BCUT2D eigenvalue weighted by molar-refractivity contribution is -0.384. The minimum absolute atomic E-state index is 0.0737. The molecule has 7 nitrogen and oxygen atoms in total. The Hall–Kier alpha value is -1.86. The lowest BCUT2D eigenvalue weighted by Gasteiger charge is -2.06. The van der Waals surface area contributed by atoms with Gasteiger partial charge in [-0.25, -0.2) is 0 Å². The van der Waals surface area contributed by atoms with Gasteiger partial charge in [0.2, 0.25) is 0 Å². The first-order chi connectivity index (χ1) is 9.36. The summed E-state index contributed by atoms with van der Waals surface area (Å²) in [5, 5.41) is 12.6. The number of carbonyl (C=O) groups is 2. The number of nitrogens with one attached hydrogen (secondary N) is 1. The number of nitrogens with zero attached hydrogens (tertiary/aromatic N) is 1. The number of hydrogen-bond donors (Lipinski definition) is 1. The molecule has 0 aliphatic carbocycles. The number of halogens is 2. The maximum atomic E-state index is 11.7. The molecule has 0 saturated carbocycles. The van der Waals surface area contributed by atoms with Gasteiger partial charge in [-0.3, -0.25) is 19.7 Å². The highest BCUT2D eigenvalue weighted by Gasteiger charge is 2.20. The first-order valence-electron chi connectivity index (χ1n) is 5.44. The molecule has 1 amide bonds. The van der Waals surface area contributed by atoms with E-state index >= 15 is 0 Å². The van der Waals surface area contributed by atoms with E-state index in [1.54, 1.807) is 6.92 Å². The quantitative estimate of drug-likeness (QED) is 0.509. The maximum Gasteiger partial charge on any atom is 0.325 e. The fourth-order valence-corrected chi connectivity index (χ4v) is 1.70. The van der Waals surface area contributed by atoms with Crippen LogP contribution in [0.3, 0.4) is 0 Å². The van der Waals surface area contributed by atoms with Crippen molar-refractivity contribution < 1.29 is 19.2 Å². The van der Waals surface area contributed by atoms with Gasteiger partial charge in [0.05, 0.1) is 16.6 Å². The number of esters is 1. The van der Waals surface area contributed by atoms with E-state index in [9.17, 15) is 19.7 Å². The van der Waals surface area contributed by atoms with Gasteiger partial charge in [-0.15, -0.1) is 0 Å². The first kappa shape index (κ1) is 16.2. The highest BCUT2D eigenvalue weighted by molar-refractivity contribution is 6.43. The molecule has 1 aromatic rings. The Labute approximate surface area is 124 Å². The van der Waals surface area contributed by atoms with Crippen molar-refractivity contribution in [2.24, 2.45) is 0 Å². The average molecular weight is 321 g/mol. The third-order valence-corrected chi connectivity index (χ3v) is 2.96. The highest BCUT2D eigenvalue weighted by atomic mass is 35.5. The number of carbonyl (C=O) groups excluding carboxylic acids is 2. The van der Waals surface area contributed by atoms with E-state index in [0.717, 1.165) is 6.07 Å². The number of amides is 1. The van der Waals surface area contributed by atoms with E-state index in [1.807, 2.05) is 0 Å². The van der Waals surface area contributed by atoms with Crippen LogP contribution >= 0.6 is 23.2 Å². The number of ether oxygens (including phenoxy) is 1. The monoisotopic (exact) mass is 320 g/mol. The highest BCUT2D eigenvalue weighted by Crippen LogP contribution is 2.32. The molecule has 0 saturated heterocycles. The first-order valence-corrected chi connectivity index (χ1v) is 6.19. The lowest BCUT2D eigenvalue weighted by atomic mass is 10.2. The van der Waals surface area contributed by atoms with Crippen molar-refractivity contribution >= 4 is 40.8 Å². The van der Waals surface area contributed by atoms with Crippen LogP contribution in [0.1, 0.15) is 17.3 Å². The SMILES string of the molecule is CCOC(=O)CNC(=O)c1cc(Cl)c(Cl)c([N+](=O)[O-])c1. The van der Waals surface area contributed by atoms with Gasteiger partial charge in [-0.1, -0.05) is 23.2 Å². The summed E-state index contributed by atoms with van der Waals surface area (Å²) in [5.41, 5.74) is -0.559. The molecule has 0 aromatic heterocycles. The third-order valence-electron chi connectivity index (χ3n) is 2.17. The summed E-state index contributed by atoms with van der Waals surface area (Å²) < 4.78 is 4.62. The van der Waals surface area contributed by atoms with Gasteiger partial charge in [-0.2, -0.15) is 0 Å². The van der Waals surface area contributed by atoms with Crippen molar-refractivity contribution in [3.05, 3.63) is 37.9 Å². The molecular formula is C11H10Cl2N2O5. The summed E-state index contributed by atoms with van der Waals surface area (Å²) in [5.74, 6) is -1.31. The standard InChI is InChI=1S/C11H10Cl2N2O5/c1-2-20-9(16)5-14-11(17)6-3-7(12)10(13)8(4-6)15(18)19/h3-4H,2,5H2,1H3,(H,14,17). The summed E-state index contributed by atoms with van der Waals surface area (Å²) >= 11 is 11.4. The molecule has 0 fully saturated rings. The summed E-state index contributed by atoms with van der Waals surface area (Å²) in [4.78, 5) is 32.8. The van der Waals surface area contributed by atoms with Crippen molar-refractivity contribution in [2.75, 3.05) is 13.2 Å². The molecule has 0 spiro atoms. The third kappa shape index (κ3) is 4.07. The number of hydrogen-bond acceptors (Lipinski definition) is 5. The van der Waals surface area contributed by atoms with Crippen molar-refractivity contribution in [1.82, 2.24) is 5.32 Å². The summed E-state index contributed by atoms with van der Waals surface area (Å²) in [6.45, 7) is 1.47. The largest absolute Gasteiger partial charge is 0.465 e. The van der Waals surface area contributed by atoms with Gasteiger partial charge in [0.15, 0.2) is 0 Å². The molecule has 0 aliphatic heterocycles. The van der Waals surface area contributed by atoms with Gasteiger partial charge < -0.3 is 10.1 Å². The van der Waals surface area contributed by atoms with Crippen molar-refractivity contribution in [2.45, 2.75) is 6.92 Å². The van der Waals surface area contributed by atoms with Gasteiger partial charge in [0.25, 0.3) is 11.6 Å². The van der Waals surface area contributed by atoms with Crippen LogP contribution in [0.2, 0.25) is 10.0 Å². The van der Waals surface area contributed by atoms with Gasteiger partial charge >= 0.3 is 5.97 Å². The number of rotatable bonds is 5. The van der Waals surface area contributed by atoms with E-state index in [0.29, 0.717) is 0 Å². The fourth-order valence-electron chi connectivity index (χ4n) is 1.31. The second-order valence-corrected chi connectivity index (χ2v) is 4.32. The molecule has 1 rings (SSSR count). The molecule has 1 aromatic carbocycles. The number of benzene rings is 1. The van der Waals surface area contributed by atoms with Crippen molar-refractivity contribution in [3.63, 3.8) is 0 Å². The van der Waals surface area contributed by atoms with Crippen LogP contribution in [0.25, 0.3) is 0 Å². The Kier molecular flexibility index (Phi) is 5.72. The summed E-state index contributed by atoms with van der Waals surface area (Å²) in [6.07, 6.45) is 0. The van der Waals surface area contributed by atoms with Crippen molar-refractivity contribution in [1.29, 1.82) is 0 Å². The van der Waals surface area contributed by atoms with Crippen LogP contribution in [0.4, 0.5) is 5.69 Å². The van der Waals surface area contributed by atoms with E-state index in [2.05, 4.69) is 10.1 Å². The topological polar surface area (TPSA) is 98.5 Å². The van der Waals surface area contributed by atoms with Crippen LogP contribution in [-0.4, -0.2) is 30.0 Å². The van der Waals surface area contributed by atoms with E-state index in [4.69, 9.17) is 23.2 Å². The lowest BCUT2D eigenvalue weighted by Crippen LogP contribution is -2.30. The minimum Gasteiger partial charge on any atom is -0.465 e. The molecular weight excluding hydrogens is 311 g/mol. The molecule has 0 unspecified atom stereocenters. The van der Waals surface area contributed by atoms with Gasteiger partial charge in [-0.05, 0) is 13.0 Å². The molecule has 0 heterocycles. The fraction of sp³-hybridized carbons (Fsp3) is 0.273. The van der Waals surface area contributed by atoms with Crippen LogP contribution < -0.4 is 5.32 Å². The molecule has 0 atom stereocenters. The van der Waals surface area contributed by atoms with Gasteiger partial charge in [0, 0.05) is 11.6 Å². The van der Waals surface area contributed by atoms with Crippen LogP contribution in [0, 0.1) is 10.1 Å². The van der Waals surface area contributed by atoms with Crippen LogP contribution in [-0.2, 0) is 9.53 Å². The van der Waals surface area contributed by atoms with E-state index in [1.165, 1.54) is 6.07 Å². The molecule has 0 aliphatic rings. The Morgan fingerprint density at radius 2 is 2.05 bits per heavy atom. The minimum atomic E-state index is -0.754. The second kappa shape index (κ2) is 7.06. The zero-order chi connectivity index (χ0) is 15.3. The smallest absolute Gasteiger partial charge is 0.325 e. The van der Waals surface area contributed by atoms with Crippen molar-refractivity contribution in [3.8, 4) is 0 Å². The molecule has 108 valence electrons. The zero-order valence-corrected chi connectivity index (χ0v) is 11.8. The average Bonchev–Trinajstić information content (AvgIpc) is 2.38. The van der Waals surface area contributed by atoms with Gasteiger partial charge in [0.1, 0.15) is 11.6 Å². The van der Waals surface area contributed by atoms with Crippen LogP contribution in [0.15, 0.2) is 12.1 Å². The number of nitro benzene ring substituents is 1. The predicted molar refractivity (Wildman–Crippen MR) is 72.1 cm³/mol. The molecule has 9 heteroatoms. The predicted octanol–water partition coefficient (Wildman–Crippen LogP) is 2.19. The zero-order valence-electron chi connectivity index (χ0n) is 10.3. The maximum absolute atomic E-state index is 11.7. The van der Waals surface area contributed by atoms with E-state index in [-0.39, 0.29) is 28.8 Å².